The van der Waals surface area contributed by atoms with Gasteiger partial charge in [-0.2, -0.15) is 4.31 Å². The van der Waals surface area contributed by atoms with Gasteiger partial charge in [0.2, 0.25) is 10.0 Å². The number of hydrogen-bond acceptors (Lipinski definition) is 3. The number of carbonyl (C=O) groups is 1. The van der Waals surface area contributed by atoms with Crippen molar-refractivity contribution in [1.29, 1.82) is 0 Å². The van der Waals surface area contributed by atoms with Gasteiger partial charge in [-0.3, -0.25) is 4.79 Å². The largest absolute Gasteiger partial charge is 0.481 e. The highest BCUT2D eigenvalue weighted by Gasteiger charge is 2.40. The Morgan fingerprint density at radius 2 is 2.11 bits per heavy atom. The quantitative estimate of drug-likeness (QED) is 0.790. The summed E-state index contributed by atoms with van der Waals surface area (Å²) in [6.45, 7) is 2.07. The van der Waals surface area contributed by atoms with Crippen molar-refractivity contribution in [3.05, 3.63) is 27.8 Å². The van der Waals surface area contributed by atoms with Crippen molar-refractivity contribution >= 4 is 38.6 Å². The first-order chi connectivity index (χ1) is 8.82. The number of carboxylic acid groups (broad SMARTS) is 1. The minimum Gasteiger partial charge on any atom is -0.481 e. The first-order valence-corrected chi connectivity index (χ1v) is 8.33. The van der Waals surface area contributed by atoms with Gasteiger partial charge in [0.25, 0.3) is 0 Å². The molecule has 1 N–H and O–H groups in total. The Morgan fingerprint density at radius 3 is 2.63 bits per heavy atom. The third-order valence-electron chi connectivity index (χ3n) is 3.33. The van der Waals surface area contributed by atoms with E-state index in [0.29, 0.717) is 0 Å². The van der Waals surface area contributed by atoms with Crippen LogP contribution in [-0.2, 0) is 14.8 Å². The van der Waals surface area contributed by atoms with Crippen LogP contribution in [0.1, 0.15) is 6.92 Å². The molecule has 1 aromatic carbocycles. The molecular formula is C12H14INO4S. The molecule has 0 spiro atoms. The van der Waals surface area contributed by atoms with Crippen molar-refractivity contribution in [1.82, 2.24) is 4.31 Å². The number of benzene rings is 1. The molecule has 2 atom stereocenters. The highest BCUT2D eigenvalue weighted by atomic mass is 127. The van der Waals surface area contributed by atoms with E-state index in [-0.39, 0.29) is 23.9 Å². The summed E-state index contributed by atoms with van der Waals surface area (Å²) >= 11 is 2.05. The van der Waals surface area contributed by atoms with Gasteiger partial charge in [0.05, 0.1) is 10.8 Å². The van der Waals surface area contributed by atoms with Gasteiger partial charge in [0.15, 0.2) is 0 Å². The molecule has 1 aliphatic heterocycles. The van der Waals surface area contributed by atoms with Gasteiger partial charge in [-0.15, -0.1) is 0 Å². The van der Waals surface area contributed by atoms with Crippen molar-refractivity contribution in [2.24, 2.45) is 11.8 Å². The third kappa shape index (κ3) is 2.92. The van der Waals surface area contributed by atoms with E-state index in [1.165, 1.54) is 10.4 Å². The summed E-state index contributed by atoms with van der Waals surface area (Å²) in [6.07, 6.45) is 0. The molecule has 0 saturated carbocycles. The summed E-state index contributed by atoms with van der Waals surface area (Å²) in [7, 11) is -3.60. The van der Waals surface area contributed by atoms with Crippen molar-refractivity contribution in [3.8, 4) is 0 Å². The summed E-state index contributed by atoms with van der Waals surface area (Å²) in [5, 5.41) is 9.06. The van der Waals surface area contributed by atoms with Gasteiger partial charge in [0, 0.05) is 16.7 Å². The zero-order valence-corrected chi connectivity index (χ0v) is 13.3. The highest BCUT2D eigenvalue weighted by Crippen LogP contribution is 2.29. The molecule has 104 valence electrons. The Bertz CT molecular complexity index is 602. The summed E-state index contributed by atoms with van der Waals surface area (Å²) in [5.74, 6) is -1.74. The van der Waals surface area contributed by atoms with Crippen molar-refractivity contribution < 1.29 is 18.3 Å². The van der Waals surface area contributed by atoms with Crippen LogP contribution in [0.25, 0.3) is 0 Å². The van der Waals surface area contributed by atoms with Gasteiger partial charge in [0.1, 0.15) is 0 Å². The number of halogens is 1. The maximum absolute atomic E-state index is 12.4. The number of hydrogen-bond donors (Lipinski definition) is 1. The Labute approximate surface area is 125 Å². The zero-order chi connectivity index (χ0) is 14.2. The Hall–Kier alpha value is -0.670. The lowest BCUT2D eigenvalue weighted by molar-refractivity contribution is -0.142. The monoisotopic (exact) mass is 395 g/mol. The minimum atomic E-state index is -3.60. The molecule has 0 aromatic heterocycles. The number of sulfonamides is 1. The second-order valence-corrected chi connectivity index (χ2v) is 7.88. The average Bonchev–Trinajstić information content (AvgIpc) is 2.72. The lowest BCUT2D eigenvalue weighted by atomic mass is 9.99. The fourth-order valence-electron chi connectivity index (χ4n) is 2.22. The van der Waals surface area contributed by atoms with Gasteiger partial charge in [-0.05, 0) is 46.7 Å². The molecule has 19 heavy (non-hydrogen) atoms. The van der Waals surface area contributed by atoms with E-state index in [0.717, 1.165) is 3.57 Å². The Morgan fingerprint density at radius 1 is 1.42 bits per heavy atom. The van der Waals surface area contributed by atoms with Crippen molar-refractivity contribution in [2.75, 3.05) is 13.1 Å². The molecule has 2 rings (SSSR count). The van der Waals surface area contributed by atoms with Crippen LogP contribution < -0.4 is 0 Å². The van der Waals surface area contributed by atoms with Crippen LogP contribution in [0.3, 0.4) is 0 Å². The Kier molecular flexibility index (Phi) is 4.17. The van der Waals surface area contributed by atoms with E-state index in [9.17, 15) is 13.2 Å². The van der Waals surface area contributed by atoms with E-state index in [4.69, 9.17) is 5.11 Å². The lowest BCUT2D eigenvalue weighted by Crippen LogP contribution is -2.30. The van der Waals surface area contributed by atoms with E-state index < -0.39 is 21.9 Å². The van der Waals surface area contributed by atoms with Gasteiger partial charge >= 0.3 is 5.97 Å². The molecule has 0 bridgehead atoms. The standard InChI is InChI=1S/C12H14INO4S/c1-8-6-14(7-11(8)12(15)16)19(17,18)10-4-2-3-9(13)5-10/h2-5,8,11H,6-7H2,1H3,(H,15,16)/t8-,11-/m1/s1. The molecule has 1 fully saturated rings. The molecule has 5 nitrogen and oxygen atoms in total. The van der Waals surface area contributed by atoms with Crippen molar-refractivity contribution in [3.63, 3.8) is 0 Å². The molecule has 1 saturated heterocycles. The molecule has 7 heteroatoms. The van der Waals surface area contributed by atoms with E-state index in [2.05, 4.69) is 22.6 Å². The minimum absolute atomic E-state index is 0.0459. The summed E-state index contributed by atoms with van der Waals surface area (Å²) in [6, 6.07) is 6.62. The maximum Gasteiger partial charge on any atom is 0.308 e. The molecule has 1 heterocycles. The van der Waals surface area contributed by atoms with Crippen LogP contribution >= 0.6 is 22.6 Å². The summed E-state index contributed by atoms with van der Waals surface area (Å²) in [4.78, 5) is 11.3. The van der Waals surface area contributed by atoms with Crippen LogP contribution in [0, 0.1) is 15.4 Å². The van der Waals surface area contributed by atoms with E-state index in [1.807, 2.05) is 6.07 Å². The van der Waals surface area contributed by atoms with Gasteiger partial charge in [-0.25, -0.2) is 8.42 Å². The van der Waals surface area contributed by atoms with Crippen LogP contribution in [0.4, 0.5) is 0 Å². The molecule has 1 aromatic rings. The normalized spacial score (nSPS) is 24.5. The predicted molar refractivity (Wildman–Crippen MR) is 78.2 cm³/mol. The van der Waals surface area contributed by atoms with Crippen LogP contribution in [0.5, 0.6) is 0 Å². The van der Waals surface area contributed by atoms with Crippen LogP contribution in [0.2, 0.25) is 0 Å². The number of carboxylic acids is 1. The predicted octanol–water partition coefficient (Wildman–Crippen LogP) is 1.63. The van der Waals surface area contributed by atoms with Crippen LogP contribution in [0.15, 0.2) is 29.2 Å². The molecule has 1 aliphatic rings. The average molecular weight is 395 g/mol. The number of aliphatic carboxylic acids is 1. The van der Waals surface area contributed by atoms with E-state index >= 15 is 0 Å². The van der Waals surface area contributed by atoms with Crippen LogP contribution in [-0.4, -0.2) is 36.9 Å². The first kappa shape index (κ1) is 14.7. The summed E-state index contributed by atoms with van der Waals surface area (Å²) in [5.41, 5.74) is 0. The molecular weight excluding hydrogens is 381 g/mol. The van der Waals surface area contributed by atoms with Crippen molar-refractivity contribution in [2.45, 2.75) is 11.8 Å². The number of rotatable bonds is 3. The second kappa shape index (κ2) is 5.37. The topological polar surface area (TPSA) is 74.7 Å². The first-order valence-electron chi connectivity index (χ1n) is 5.81. The molecule has 0 radical (unpaired) electrons. The third-order valence-corrected chi connectivity index (χ3v) is 5.83. The zero-order valence-electron chi connectivity index (χ0n) is 10.3. The Balaban J connectivity index is 2.30. The number of nitrogens with zero attached hydrogens (tertiary/aromatic N) is 1. The second-order valence-electron chi connectivity index (χ2n) is 4.70. The molecule has 0 aliphatic carbocycles. The van der Waals surface area contributed by atoms with Gasteiger partial charge < -0.3 is 5.11 Å². The maximum atomic E-state index is 12.4. The highest BCUT2D eigenvalue weighted by molar-refractivity contribution is 14.1. The molecule has 0 amide bonds. The molecule has 0 unspecified atom stereocenters. The smallest absolute Gasteiger partial charge is 0.308 e. The van der Waals surface area contributed by atoms with Gasteiger partial charge in [-0.1, -0.05) is 13.0 Å². The van der Waals surface area contributed by atoms with E-state index in [1.54, 1.807) is 19.1 Å². The fourth-order valence-corrected chi connectivity index (χ4v) is 4.58. The summed E-state index contributed by atoms with van der Waals surface area (Å²) < 4.78 is 27.0. The fraction of sp³-hybridized carbons (Fsp3) is 0.417. The lowest BCUT2D eigenvalue weighted by Gasteiger charge is -2.16. The SMILES string of the molecule is C[C@@H]1CN(S(=O)(=O)c2cccc(I)c2)C[C@H]1C(=O)O.